The van der Waals surface area contributed by atoms with Crippen molar-refractivity contribution in [3.05, 3.63) is 46.6 Å². The van der Waals surface area contributed by atoms with E-state index in [1.807, 2.05) is 23.6 Å². The Balaban J connectivity index is 1.94. The summed E-state index contributed by atoms with van der Waals surface area (Å²) in [6.45, 7) is 2.62. The number of ether oxygens (including phenoxy) is 2. The molecule has 0 atom stereocenters. The fraction of sp³-hybridized carbons (Fsp3) is 0.235. The zero-order valence-corrected chi connectivity index (χ0v) is 15.8. The summed E-state index contributed by atoms with van der Waals surface area (Å²) in [4.78, 5) is 14.4. The number of pyridine rings is 1. The van der Waals surface area contributed by atoms with Crippen molar-refractivity contribution in [2.24, 2.45) is 0 Å². The van der Waals surface area contributed by atoms with Crippen LogP contribution in [0.3, 0.4) is 0 Å². The molecule has 2 aromatic heterocycles. The minimum Gasteiger partial charge on any atom is -0.497 e. The molecule has 0 aliphatic carbocycles. The zero-order valence-electron chi connectivity index (χ0n) is 14.9. The number of nitrogens with zero attached hydrogens (tertiary/aromatic N) is 5. The van der Waals surface area contributed by atoms with Crippen molar-refractivity contribution in [3.8, 4) is 22.9 Å². The summed E-state index contributed by atoms with van der Waals surface area (Å²) in [7, 11) is 3.18. The molecule has 27 heavy (non-hydrogen) atoms. The first-order chi connectivity index (χ1) is 13.0. The summed E-state index contributed by atoms with van der Waals surface area (Å²) in [6, 6.07) is 8.50. The summed E-state index contributed by atoms with van der Waals surface area (Å²) in [5.41, 5.74) is 0.754. The molecule has 0 aliphatic rings. The quantitative estimate of drug-likeness (QED) is 0.448. The van der Waals surface area contributed by atoms with Crippen LogP contribution < -0.4 is 9.47 Å². The molecule has 0 radical (unpaired) electrons. The van der Waals surface area contributed by atoms with E-state index in [0.717, 1.165) is 5.56 Å². The number of methoxy groups -OCH3 is 2. The van der Waals surface area contributed by atoms with Crippen molar-refractivity contribution < 1.29 is 14.4 Å². The van der Waals surface area contributed by atoms with E-state index in [-0.39, 0.29) is 5.69 Å². The number of nitro groups is 1. The van der Waals surface area contributed by atoms with Crippen LogP contribution in [0.15, 0.2) is 46.7 Å². The summed E-state index contributed by atoms with van der Waals surface area (Å²) >= 11 is 1.29. The third-order valence-corrected chi connectivity index (χ3v) is 4.71. The Kier molecular flexibility index (Phi) is 5.55. The minimum atomic E-state index is -0.482. The third kappa shape index (κ3) is 4.00. The highest BCUT2D eigenvalue weighted by Gasteiger charge is 2.16. The van der Waals surface area contributed by atoms with Gasteiger partial charge in [0.1, 0.15) is 22.7 Å². The maximum atomic E-state index is 10.7. The number of aromatic nitrogens is 4. The predicted octanol–water partition coefficient (Wildman–Crippen LogP) is 3.44. The first kappa shape index (κ1) is 18.6. The van der Waals surface area contributed by atoms with E-state index in [1.165, 1.54) is 24.0 Å². The molecule has 0 saturated carbocycles. The van der Waals surface area contributed by atoms with Crippen molar-refractivity contribution in [2.75, 3.05) is 14.2 Å². The number of rotatable bonds is 7. The molecule has 0 aliphatic heterocycles. The van der Waals surface area contributed by atoms with Gasteiger partial charge in [0, 0.05) is 24.2 Å². The Labute approximate surface area is 159 Å². The van der Waals surface area contributed by atoms with Crippen LogP contribution in [0, 0.1) is 10.1 Å². The lowest BCUT2D eigenvalue weighted by Crippen LogP contribution is -2.00. The SMILES string of the molecule is CCn1c(Sc2ccc([N+](=O)[O-])cn2)nnc1-c1cc(OC)cc(OC)c1. The van der Waals surface area contributed by atoms with E-state index in [0.29, 0.717) is 34.1 Å². The molecule has 0 spiro atoms. The lowest BCUT2D eigenvalue weighted by atomic mass is 10.2. The first-order valence-corrected chi connectivity index (χ1v) is 8.82. The molecule has 0 N–H and O–H groups in total. The van der Waals surface area contributed by atoms with Crippen LogP contribution in [0.1, 0.15) is 6.92 Å². The number of hydrogen-bond donors (Lipinski definition) is 0. The fourth-order valence-electron chi connectivity index (χ4n) is 2.43. The van der Waals surface area contributed by atoms with Crippen molar-refractivity contribution in [1.29, 1.82) is 0 Å². The van der Waals surface area contributed by atoms with E-state index < -0.39 is 4.92 Å². The molecule has 10 heteroatoms. The lowest BCUT2D eigenvalue weighted by Gasteiger charge is -2.10. The van der Waals surface area contributed by atoms with Crippen LogP contribution in [-0.2, 0) is 6.54 Å². The molecule has 0 bridgehead atoms. The van der Waals surface area contributed by atoms with E-state index in [2.05, 4.69) is 15.2 Å². The van der Waals surface area contributed by atoms with Crippen molar-refractivity contribution in [1.82, 2.24) is 19.7 Å². The van der Waals surface area contributed by atoms with E-state index in [4.69, 9.17) is 9.47 Å². The second kappa shape index (κ2) is 8.04. The van der Waals surface area contributed by atoms with Crippen molar-refractivity contribution >= 4 is 17.4 Å². The van der Waals surface area contributed by atoms with Gasteiger partial charge in [-0.05, 0) is 36.9 Å². The second-order valence-corrected chi connectivity index (χ2v) is 6.35. The smallest absolute Gasteiger partial charge is 0.287 e. The van der Waals surface area contributed by atoms with Gasteiger partial charge in [-0.15, -0.1) is 10.2 Å². The molecule has 0 fully saturated rings. The Morgan fingerprint density at radius 2 is 1.85 bits per heavy atom. The van der Waals surface area contributed by atoms with E-state index in [1.54, 1.807) is 26.4 Å². The van der Waals surface area contributed by atoms with Gasteiger partial charge in [-0.1, -0.05) is 0 Å². The number of benzene rings is 1. The van der Waals surface area contributed by atoms with Gasteiger partial charge in [0.2, 0.25) is 0 Å². The Bertz CT molecular complexity index is 936. The average Bonchev–Trinajstić information content (AvgIpc) is 3.10. The molecule has 0 unspecified atom stereocenters. The van der Waals surface area contributed by atoms with Crippen LogP contribution in [0.25, 0.3) is 11.4 Å². The first-order valence-electron chi connectivity index (χ1n) is 8.00. The van der Waals surface area contributed by atoms with Crippen LogP contribution in [0.4, 0.5) is 5.69 Å². The van der Waals surface area contributed by atoms with E-state index >= 15 is 0 Å². The third-order valence-electron chi connectivity index (χ3n) is 3.77. The Morgan fingerprint density at radius 1 is 1.15 bits per heavy atom. The topological polar surface area (TPSA) is 105 Å². The highest BCUT2D eigenvalue weighted by Crippen LogP contribution is 2.32. The molecule has 1 aromatic carbocycles. The molecular weight excluding hydrogens is 370 g/mol. The van der Waals surface area contributed by atoms with Crippen LogP contribution in [0.5, 0.6) is 11.5 Å². The van der Waals surface area contributed by atoms with E-state index in [9.17, 15) is 10.1 Å². The largest absolute Gasteiger partial charge is 0.497 e. The van der Waals surface area contributed by atoms with Gasteiger partial charge < -0.3 is 14.0 Å². The highest BCUT2D eigenvalue weighted by atomic mass is 32.2. The zero-order chi connectivity index (χ0) is 19.4. The monoisotopic (exact) mass is 387 g/mol. The van der Waals surface area contributed by atoms with Crippen molar-refractivity contribution in [2.45, 2.75) is 23.7 Å². The van der Waals surface area contributed by atoms with Gasteiger partial charge in [-0.3, -0.25) is 10.1 Å². The van der Waals surface area contributed by atoms with Gasteiger partial charge in [0.05, 0.1) is 19.1 Å². The highest BCUT2D eigenvalue weighted by molar-refractivity contribution is 7.99. The van der Waals surface area contributed by atoms with Crippen molar-refractivity contribution in [3.63, 3.8) is 0 Å². The summed E-state index contributed by atoms with van der Waals surface area (Å²) in [5, 5.41) is 20.5. The maximum Gasteiger partial charge on any atom is 0.287 e. The van der Waals surface area contributed by atoms with Gasteiger partial charge in [-0.25, -0.2) is 4.98 Å². The summed E-state index contributed by atoms with van der Waals surface area (Å²) in [6.07, 6.45) is 1.23. The lowest BCUT2D eigenvalue weighted by molar-refractivity contribution is -0.385. The average molecular weight is 387 g/mol. The molecule has 0 amide bonds. The van der Waals surface area contributed by atoms with Gasteiger partial charge >= 0.3 is 0 Å². The summed E-state index contributed by atoms with van der Waals surface area (Å²) in [5.74, 6) is 1.97. The Hall–Kier alpha value is -3.14. The molecule has 3 aromatic rings. The molecule has 3 rings (SSSR count). The molecule has 9 nitrogen and oxygen atoms in total. The molecule has 2 heterocycles. The molecular formula is C17H17N5O4S. The van der Waals surface area contributed by atoms with Crippen LogP contribution in [0.2, 0.25) is 0 Å². The molecule has 140 valence electrons. The van der Waals surface area contributed by atoms with Crippen LogP contribution >= 0.6 is 11.8 Å². The normalized spacial score (nSPS) is 10.6. The summed E-state index contributed by atoms with van der Waals surface area (Å²) < 4.78 is 12.6. The Morgan fingerprint density at radius 3 is 2.37 bits per heavy atom. The molecule has 0 saturated heterocycles. The fourth-order valence-corrected chi connectivity index (χ4v) is 3.27. The van der Waals surface area contributed by atoms with Gasteiger partial charge in [0.25, 0.3) is 5.69 Å². The van der Waals surface area contributed by atoms with Gasteiger partial charge in [-0.2, -0.15) is 0 Å². The van der Waals surface area contributed by atoms with Crippen LogP contribution in [-0.4, -0.2) is 38.9 Å². The number of hydrogen-bond acceptors (Lipinski definition) is 8. The maximum absolute atomic E-state index is 10.7. The second-order valence-electron chi connectivity index (χ2n) is 5.37. The standard InChI is InChI=1S/C17H17N5O4S/c1-4-21-16(11-7-13(25-2)9-14(8-11)26-3)19-20-17(21)27-15-6-5-12(10-18-15)22(23)24/h5-10H,4H2,1-3H3. The predicted molar refractivity (Wildman–Crippen MR) is 99.3 cm³/mol. The van der Waals surface area contributed by atoms with Gasteiger partial charge in [0.15, 0.2) is 11.0 Å². The minimum absolute atomic E-state index is 0.0551.